The van der Waals surface area contributed by atoms with Crippen molar-refractivity contribution >= 4 is 27.8 Å². The lowest BCUT2D eigenvalue weighted by Crippen LogP contribution is -2.29. The molecule has 0 aromatic carbocycles. The molecule has 8 nitrogen and oxygen atoms in total. The maximum absolute atomic E-state index is 11.2. The van der Waals surface area contributed by atoms with Gasteiger partial charge in [0, 0.05) is 0 Å². The molecule has 0 aromatic heterocycles. The number of rotatable bonds is 6. The molecule has 17 heavy (non-hydrogen) atoms. The van der Waals surface area contributed by atoms with Crippen LogP contribution in [0.15, 0.2) is 5.16 Å². The summed E-state index contributed by atoms with van der Waals surface area (Å²) >= 11 is 0. The van der Waals surface area contributed by atoms with Gasteiger partial charge < -0.3 is 9.47 Å². The second kappa shape index (κ2) is 6.84. The van der Waals surface area contributed by atoms with Crippen molar-refractivity contribution in [2.75, 3.05) is 19.5 Å². The lowest BCUT2D eigenvalue weighted by molar-refractivity contribution is -0.140. The molecule has 9 heteroatoms. The topological polar surface area (TPSA) is 108 Å². The van der Waals surface area contributed by atoms with Crippen molar-refractivity contribution in [3.8, 4) is 0 Å². The van der Waals surface area contributed by atoms with E-state index >= 15 is 0 Å². The molecule has 0 aromatic rings. The zero-order chi connectivity index (χ0) is 13.5. The van der Waals surface area contributed by atoms with Gasteiger partial charge in [0.1, 0.15) is 0 Å². The van der Waals surface area contributed by atoms with Gasteiger partial charge in [-0.15, -0.1) is 0 Å². The van der Waals surface area contributed by atoms with Crippen molar-refractivity contribution in [3.63, 3.8) is 0 Å². The van der Waals surface area contributed by atoms with E-state index in [1.165, 1.54) is 13.8 Å². The van der Waals surface area contributed by atoms with E-state index in [0.29, 0.717) is 6.26 Å². The van der Waals surface area contributed by atoms with Gasteiger partial charge >= 0.3 is 22.1 Å². The van der Waals surface area contributed by atoms with Crippen molar-refractivity contribution in [1.29, 1.82) is 0 Å². The summed E-state index contributed by atoms with van der Waals surface area (Å²) in [5.41, 5.74) is -0.862. The Labute approximate surface area is 98.6 Å². The highest BCUT2D eigenvalue weighted by Gasteiger charge is 2.25. The van der Waals surface area contributed by atoms with Gasteiger partial charge in [-0.1, -0.05) is 0 Å². The van der Waals surface area contributed by atoms with Crippen LogP contribution in [0.25, 0.3) is 0 Å². The van der Waals surface area contributed by atoms with Crippen LogP contribution in [0.3, 0.4) is 0 Å². The molecule has 98 valence electrons. The largest absolute Gasteiger partial charge is 0.461 e. The molecule has 0 bridgehead atoms. The molecule has 0 atom stereocenters. The van der Waals surface area contributed by atoms with Crippen LogP contribution in [0.1, 0.15) is 13.8 Å². The molecule has 0 fully saturated rings. The Hall–Kier alpha value is -1.64. The van der Waals surface area contributed by atoms with Crippen molar-refractivity contribution in [3.05, 3.63) is 0 Å². The number of hydrogen-bond donors (Lipinski definition) is 0. The van der Waals surface area contributed by atoms with Crippen LogP contribution >= 0.6 is 0 Å². The Morgan fingerprint density at radius 3 is 1.76 bits per heavy atom. The van der Waals surface area contributed by atoms with Crippen LogP contribution in [0, 0.1) is 0 Å². The summed E-state index contributed by atoms with van der Waals surface area (Å²) in [6.07, 6.45) is 0.713. The van der Waals surface area contributed by atoms with Crippen LogP contribution in [-0.4, -0.2) is 45.5 Å². The van der Waals surface area contributed by atoms with Gasteiger partial charge in [-0.3, -0.25) is 4.28 Å². The summed E-state index contributed by atoms with van der Waals surface area (Å²) in [4.78, 5) is 22.5. The first-order chi connectivity index (χ1) is 7.81. The van der Waals surface area contributed by atoms with Crippen molar-refractivity contribution in [1.82, 2.24) is 0 Å². The first-order valence-electron chi connectivity index (χ1n) is 4.62. The quantitative estimate of drug-likeness (QED) is 0.275. The molecule has 0 radical (unpaired) electrons. The summed E-state index contributed by atoms with van der Waals surface area (Å²) in [5, 5.41) is 2.91. The second-order valence-corrected chi connectivity index (χ2v) is 4.22. The molecule has 0 heterocycles. The number of carbonyl (C=O) groups is 2. The Balaban J connectivity index is 4.97. The lowest BCUT2D eigenvalue weighted by Gasteiger charge is -2.04. The summed E-state index contributed by atoms with van der Waals surface area (Å²) < 4.78 is 34.3. The fraction of sp³-hybridized carbons (Fsp3) is 0.625. The Morgan fingerprint density at radius 2 is 1.47 bits per heavy atom. The highest BCUT2D eigenvalue weighted by molar-refractivity contribution is 7.85. The zero-order valence-corrected chi connectivity index (χ0v) is 10.4. The minimum atomic E-state index is -3.92. The number of hydrogen-bond acceptors (Lipinski definition) is 8. The van der Waals surface area contributed by atoms with E-state index in [1.807, 2.05) is 0 Å². The third kappa shape index (κ3) is 6.51. The van der Waals surface area contributed by atoms with Crippen LogP contribution < -0.4 is 0 Å². The molecular formula is C8H13NO7S. The first-order valence-corrected chi connectivity index (χ1v) is 6.44. The molecular weight excluding hydrogens is 254 g/mol. The maximum Gasteiger partial charge on any atom is 0.368 e. The summed E-state index contributed by atoms with van der Waals surface area (Å²) in [6, 6.07) is 0. The SMILES string of the molecule is CCOC(=O)C(=NOS(C)(=O)=O)C(=O)OCC. The Morgan fingerprint density at radius 1 is 1.06 bits per heavy atom. The van der Waals surface area contributed by atoms with E-state index in [-0.39, 0.29) is 13.2 Å². The highest BCUT2D eigenvalue weighted by atomic mass is 32.2. The monoisotopic (exact) mass is 267 g/mol. The van der Waals surface area contributed by atoms with Crippen LogP contribution in [0.5, 0.6) is 0 Å². The lowest BCUT2D eigenvalue weighted by atomic mass is 10.4. The van der Waals surface area contributed by atoms with Gasteiger partial charge in [0.25, 0.3) is 5.71 Å². The molecule has 0 spiro atoms. The average molecular weight is 267 g/mol. The molecule has 0 saturated carbocycles. The van der Waals surface area contributed by atoms with Gasteiger partial charge in [-0.25, -0.2) is 9.59 Å². The standard InChI is InChI=1S/C8H13NO7S/c1-4-14-7(10)6(8(11)15-5-2)9-16-17(3,12)13/h4-5H2,1-3H3. The molecule has 0 aliphatic rings. The number of esters is 2. The van der Waals surface area contributed by atoms with Crippen molar-refractivity contribution in [2.24, 2.45) is 5.16 Å². The molecule has 0 saturated heterocycles. The molecule has 0 N–H and O–H groups in total. The third-order valence-corrected chi connectivity index (χ3v) is 1.55. The minimum absolute atomic E-state index is 0.00384. The smallest absolute Gasteiger partial charge is 0.368 e. The van der Waals surface area contributed by atoms with Crippen molar-refractivity contribution in [2.45, 2.75) is 13.8 Å². The molecule has 0 aliphatic carbocycles. The van der Waals surface area contributed by atoms with E-state index < -0.39 is 27.8 Å². The van der Waals surface area contributed by atoms with E-state index in [1.54, 1.807) is 0 Å². The molecule has 0 rings (SSSR count). The summed E-state index contributed by atoms with van der Waals surface area (Å²) in [5.74, 6) is -2.23. The Bertz CT molecular complexity index is 392. The molecule has 0 aliphatic heterocycles. The number of oxime groups is 1. The van der Waals surface area contributed by atoms with Crippen LogP contribution in [-0.2, 0) is 33.5 Å². The molecule has 0 unspecified atom stereocenters. The normalized spacial score (nSPS) is 10.3. The fourth-order valence-corrected chi connectivity index (χ4v) is 0.872. The summed E-state index contributed by atoms with van der Waals surface area (Å²) in [7, 11) is -3.92. The first kappa shape index (κ1) is 15.4. The van der Waals surface area contributed by atoms with Gasteiger partial charge in [0.15, 0.2) is 0 Å². The van der Waals surface area contributed by atoms with Gasteiger partial charge in [0.2, 0.25) is 0 Å². The third-order valence-electron chi connectivity index (χ3n) is 1.20. The highest BCUT2D eigenvalue weighted by Crippen LogP contribution is 1.95. The van der Waals surface area contributed by atoms with Crippen molar-refractivity contribution < 1.29 is 31.8 Å². The predicted octanol–water partition coefficient (Wildman–Crippen LogP) is -0.555. The summed E-state index contributed by atoms with van der Waals surface area (Å²) in [6.45, 7) is 3.02. The number of carbonyl (C=O) groups excluding carboxylic acids is 2. The fourth-order valence-electron chi connectivity index (χ4n) is 0.662. The minimum Gasteiger partial charge on any atom is -0.461 e. The van der Waals surface area contributed by atoms with Crippen LogP contribution in [0.4, 0.5) is 0 Å². The number of nitrogens with zero attached hydrogens (tertiary/aromatic N) is 1. The van der Waals surface area contributed by atoms with Gasteiger partial charge in [0.05, 0.1) is 19.5 Å². The Kier molecular flexibility index (Phi) is 6.18. The van der Waals surface area contributed by atoms with Gasteiger partial charge in [-0.2, -0.15) is 8.42 Å². The van der Waals surface area contributed by atoms with E-state index in [4.69, 9.17) is 0 Å². The molecule has 0 amide bonds. The van der Waals surface area contributed by atoms with E-state index in [9.17, 15) is 18.0 Å². The van der Waals surface area contributed by atoms with Crippen LogP contribution in [0.2, 0.25) is 0 Å². The van der Waals surface area contributed by atoms with Gasteiger partial charge in [-0.05, 0) is 19.0 Å². The zero-order valence-electron chi connectivity index (χ0n) is 9.63. The maximum atomic E-state index is 11.2. The average Bonchev–Trinajstić information content (AvgIpc) is 2.16. The second-order valence-electron chi connectivity index (χ2n) is 2.66. The number of ether oxygens (including phenoxy) is 2. The van der Waals surface area contributed by atoms with E-state index in [0.717, 1.165) is 0 Å². The predicted molar refractivity (Wildman–Crippen MR) is 56.6 cm³/mol. The van der Waals surface area contributed by atoms with E-state index in [2.05, 4.69) is 18.9 Å².